The summed E-state index contributed by atoms with van der Waals surface area (Å²) in [6.07, 6.45) is 6.01. The summed E-state index contributed by atoms with van der Waals surface area (Å²) in [4.78, 5) is 28.2. The molecule has 1 aliphatic rings. The molecule has 0 aliphatic heterocycles. The van der Waals surface area contributed by atoms with Crippen LogP contribution in [0.15, 0.2) is 54.6 Å². The number of nitrogens with zero attached hydrogens (tertiary/aromatic N) is 1. The van der Waals surface area contributed by atoms with Crippen molar-refractivity contribution in [3.05, 3.63) is 70.7 Å². The van der Waals surface area contributed by atoms with E-state index in [2.05, 4.69) is 5.32 Å². The molecule has 5 heteroatoms. The zero-order chi connectivity index (χ0) is 21.3. The minimum absolute atomic E-state index is 0.00922. The predicted octanol–water partition coefficient (Wildman–Crippen LogP) is 5.14. The van der Waals surface area contributed by atoms with Gasteiger partial charge in [0.05, 0.1) is 0 Å². The first kappa shape index (κ1) is 22.4. The largest absolute Gasteiger partial charge is 0.352 e. The second-order valence-electron chi connectivity index (χ2n) is 8.09. The van der Waals surface area contributed by atoms with Crippen molar-refractivity contribution < 1.29 is 9.59 Å². The van der Waals surface area contributed by atoms with Crippen molar-refractivity contribution in [2.24, 2.45) is 0 Å². The Balaban J connectivity index is 1.87. The average Bonchev–Trinajstić information content (AvgIpc) is 3.26. The van der Waals surface area contributed by atoms with Crippen LogP contribution in [0.4, 0.5) is 0 Å². The minimum atomic E-state index is -0.539. The average molecular weight is 427 g/mol. The van der Waals surface area contributed by atoms with Crippen molar-refractivity contribution >= 4 is 23.4 Å². The van der Waals surface area contributed by atoms with Gasteiger partial charge in [-0.3, -0.25) is 9.59 Å². The van der Waals surface area contributed by atoms with E-state index >= 15 is 0 Å². The van der Waals surface area contributed by atoms with E-state index in [0.29, 0.717) is 24.4 Å². The molecule has 0 heterocycles. The van der Waals surface area contributed by atoms with Crippen LogP contribution in [-0.4, -0.2) is 28.8 Å². The highest BCUT2D eigenvalue weighted by atomic mass is 35.5. The van der Waals surface area contributed by atoms with Crippen LogP contribution in [0.25, 0.3) is 0 Å². The molecule has 1 aliphatic carbocycles. The SMILES string of the molecule is CCCC(=O)N(Cc1ccc(Cl)cc1)C(Cc1ccccc1)C(=O)NC1CCCC1. The first-order valence-electron chi connectivity index (χ1n) is 10.9. The summed E-state index contributed by atoms with van der Waals surface area (Å²) in [5, 5.41) is 3.88. The lowest BCUT2D eigenvalue weighted by Gasteiger charge is -2.32. The van der Waals surface area contributed by atoms with Gasteiger partial charge in [0, 0.05) is 30.5 Å². The van der Waals surface area contributed by atoms with Gasteiger partial charge in [0.25, 0.3) is 0 Å². The van der Waals surface area contributed by atoms with E-state index in [4.69, 9.17) is 11.6 Å². The van der Waals surface area contributed by atoms with Crippen LogP contribution < -0.4 is 5.32 Å². The molecule has 1 saturated carbocycles. The molecule has 2 aromatic carbocycles. The topological polar surface area (TPSA) is 49.4 Å². The Morgan fingerprint density at radius 2 is 1.70 bits per heavy atom. The molecule has 0 bridgehead atoms. The zero-order valence-corrected chi connectivity index (χ0v) is 18.4. The molecule has 3 rings (SSSR count). The molecule has 160 valence electrons. The molecule has 2 amide bonds. The lowest BCUT2D eigenvalue weighted by molar-refractivity contribution is -0.141. The molecule has 1 N–H and O–H groups in total. The predicted molar refractivity (Wildman–Crippen MR) is 121 cm³/mol. The summed E-state index contributed by atoms with van der Waals surface area (Å²) in [6, 6.07) is 17.1. The van der Waals surface area contributed by atoms with Gasteiger partial charge in [-0.2, -0.15) is 0 Å². The summed E-state index contributed by atoms with van der Waals surface area (Å²) in [7, 11) is 0. The van der Waals surface area contributed by atoms with Gasteiger partial charge in [0.1, 0.15) is 6.04 Å². The Morgan fingerprint density at radius 3 is 2.33 bits per heavy atom. The molecule has 0 spiro atoms. The number of carbonyl (C=O) groups is 2. The quantitative estimate of drug-likeness (QED) is 0.603. The Kier molecular flexibility index (Phi) is 8.32. The summed E-state index contributed by atoms with van der Waals surface area (Å²) in [6.45, 7) is 2.38. The summed E-state index contributed by atoms with van der Waals surface area (Å²) in [5.74, 6) is -0.0425. The van der Waals surface area contributed by atoms with Crippen molar-refractivity contribution in [1.82, 2.24) is 10.2 Å². The number of carbonyl (C=O) groups excluding carboxylic acids is 2. The van der Waals surface area contributed by atoms with Crippen LogP contribution in [0.3, 0.4) is 0 Å². The Morgan fingerprint density at radius 1 is 1.03 bits per heavy atom. The number of benzene rings is 2. The Labute approximate surface area is 184 Å². The van der Waals surface area contributed by atoms with Crippen molar-refractivity contribution in [3.63, 3.8) is 0 Å². The molecule has 1 atom stereocenters. The smallest absolute Gasteiger partial charge is 0.243 e. The molecule has 2 aromatic rings. The molecule has 4 nitrogen and oxygen atoms in total. The van der Waals surface area contributed by atoms with Gasteiger partial charge in [0.15, 0.2) is 0 Å². The highest BCUT2D eigenvalue weighted by Crippen LogP contribution is 2.21. The number of hydrogen-bond donors (Lipinski definition) is 1. The minimum Gasteiger partial charge on any atom is -0.352 e. The van der Waals surface area contributed by atoms with Crippen LogP contribution in [0, 0.1) is 0 Å². The number of rotatable bonds is 9. The second kappa shape index (κ2) is 11.2. The van der Waals surface area contributed by atoms with E-state index in [9.17, 15) is 9.59 Å². The van der Waals surface area contributed by atoms with Gasteiger partial charge < -0.3 is 10.2 Å². The highest BCUT2D eigenvalue weighted by molar-refractivity contribution is 6.30. The van der Waals surface area contributed by atoms with E-state index in [1.165, 1.54) is 0 Å². The third kappa shape index (κ3) is 6.33. The highest BCUT2D eigenvalue weighted by Gasteiger charge is 2.31. The lowest BCUT2D eigenvalue weighted by Crippen LogP contribution is -2.52. The van der Waals surface area contributed by atoms with E-state index < -0.39 is 6.04 Å². The third-order valence-electron chi connectivity index (χ3n) is 5.70. The summed E-state index contributed by atoms with van der Waals surface area (Å²) >= 11 is 6.03. The normalized spacial score (nSPS) is 15.0. The number of halogens is 1. The molecule has 0 saturated heterocycles. The monoisotopic (exact) mass is 426 g/mol. The third-order valence-corrected chi connectivity index (χ3v) is 5.95. The van der Waals surface area contributed by atoms with Gasteiger partial charge in [-0.15, -0.1) is 0 Å². The molecule has 0 aromatic heterocycles. The standard InChI is InChI=1S/C25H31ClN2O2/c1-2-8-24(29)28(18-20-13-15-21(26)16-14-20)23(17-19-9-4-3-5-10-19)25(30)27-22-11-6-7-12-22/h3-5,9-10,13-16,22-23H,2,6-8,11-12,17-18H2,1H3,(H,27,30). The first-order valence-corrected chi connectivity index (χ1v) is 11.3. The number of hydrogen-bond acceptors (Lipinski definition) is 2. The van der Waals surface area contributed by atoms with Crippen LogP contribution in [0.1, 0.15) is 56.6 Å². The summed E-state index contributed by atoms with van der Waals surface area (Å²) < 4.78 is 0. The summed E-state index contributed by atoms with van der Waals surface area (Å²) in [5.41, 5.74) is 2.02. The van der Waals surface area contributed by atoms with Crippen molar-refractivity contribution in [3.8, 4) is 0 Å². The fourth-order valence-electron chi connectivity index (χ4n) is 4.07. The number of amides is 2. The maximum Gasteiger partial charge on any atom is 0.243 e. The fourth-order valence-corrected chi connectivity index (χ4v) is 4.19. The molecule has 1 unspecified atom stereocenters. The second-order valence-corrected chi connectivity index (χ2v) is 8.53. The molecule has 1 fully saturated rings. The Bertz CT molecular complexity index is 817. The van der Waals surface area contributed by atoms with Crippen LogP contribution in [0.2, 0.25) is 5.02 Å². The van der Waals surface area contributed by atoms with E-state index in [1.54, 1.807) is 4.90 Å². The van der Waals surface area contributed by atoms with Gasteiger partial charge in [-0.25, -0.2) is 0 Å². The van der Waals surface area contributed by atoms with Crippen LogP contribution in [-0.2, 0) is 22.6 Å². The van der Waals surface area contributed by atoms with E-state index in [0.717, 1.165) is 43.2 Å². The molecule has 0 radical (unpaired) electrons. The lowest BCUT2D eigenvalue weighted by atomic mass is 10.0. The maximum absolute atomic E-state index is 13.4. The van der Waals surface area contributed by atoms with E-state index in [1.807, 2.05) is 61.5 Å². The molecule has 30 heavy (non-hydrogen) atoms. The van der Waals surface area contributed by atoms with Crippen molar-refractivity contribution in [2.45, 2.75) is 70.5 Å². The van der Waals surface area contributed by atoms with E-state index in [-0.39, 0.29) is 17.9 Å². The maximum atomic E-state index is 13.4. The zero-order valence-electron chi connectivity index (χ0n) is 17.6. The Hall–Kier alpha value is -2.33. The molecular formula is C25H31ClN2O2. The van der Waals surface area contributed by atoms with Gasteiger partial charge in [-0.05, 0) is 42.5 Å². The molecular weight excluding hydrogens is 396 g/mol. The number of nitrogens with one attached hydrogen (secondary N) is 1. The van der Waals surface area contributed by atoms with Gasteiger partial charge in [-0.1, -0.05) is 73.8 Å². The fraction of sp³-hybridized carbons (Fsp3) is 0.440. The van der Waals surface area contributed by atoms with Crippen LogP contribution in [0.5, 0.6) is 0 Å². The van der Waals surface area contributed by atoms with Crippen molar-refractivity contribution in [1.29, 1.82) is 0 Å². The van der Waals surface area contributed by atoms with Crippen LogP contribution >= 0.6 is 11.6 Å². The van der Waals surface area contributed by atoms with Crippen molar-refractivity contribution in [2.75, 3.05) is 0 Å². The first-order chi connectivity index (χ1) is 14.6. The van der Waals surface area contributed by atoms with Gasteiger partial charge in [0.2, 0.25) is 11.8 Å². The van der Waals surface area contributed by atoms with Gasteiger partial charge >= 0.3 is 0 Å².